The van der Waals surface area contributed by atoms with E-state index in [-0.39, 0.29) is 0 Å². The van der Waals surface area contributed by atoms with Gasteiger partial charge in [-0.15, -0.1) is 0 Å². The summed E-state index contributed by atoms with van der Waals surface area (Å²) in [5.41, 5.74) is 11.8. The Labute approximate surface area is 157 Å². The van der Waals surface area contributed by atoms with Crippen molar-refractivity contribution < 1.29 is 17.9 Å². The Hall–Kier alpha value is -2.83. The lowest BCUT2D eigenvalue weighted by molar-refractivity contribution is -0.363. The number of aryl methyl sites for hydroxylation is 2. The maximum absolute atomic E-state index is 15.6. The summed E-state index contributed by atoms with van der Waals surface area (Å²) in [4.78, 5) is 0. The summed E-state index contributed by atoms with van der Waals surface area (Å²) in [6.45, 7) is 3.18. The van der Waals surface area contributed by atoms with Crippen LogP contribution in [0.25, 0.3) is 5.57 Å². The van der Waals surface area contributed by atoms with Gasteiger partial charge in [0, 0.05) is 35.5 Å². The molecule has 4 rings (SSSR count). The summed E-state index contributed by atoms with van der Waals surface area (Å²) in [6, 6.07) is 7.13. The van der Waals surface area contributed by atoms with Crippen LogP contribution in [0.15, 0.2) is 41.6 Å². The Morgan fingerprint density at radius 1 is 1.11 bits per heavy atom. The number of rotatable bonds is 2. The zero-order valence-electron chi connectivity index (χ0n) is 16.1. The summed E-state index contributed by atoms with van der Waals surface area (Å²) in [7, 11) is 1.57. The molecule has 0 atom stereocenters. The van der Waals surface area contributed by atoms with E-state index in [1.807, 2.05) is 13.8 Å². The standard InChI is InChI=1S/C20H22BF2N3O/c1-11-8-13(3)25-19(11)18(16-10-15(24)6-7-17(16)27-5)20-12(2)9-14(4)26(20)21(25,22)23/h6-10H,24H2,1-5H3. The Morgan fingerprint density at radius 2 is 1.81 bits per heavy atom. The van der Waals surface area contributed by atoms with Gasteiger partial charge in [0.15, 0.2) is 5.70 Å². The van der Waals surface area contributed by atoms with Crippen LogP contribution in [-0.4, -0.2) is 28.8 Å². The monoisotopic (exact) mass is 369 g/mol. The second-order valence-electron chi connectivity index (χ2n) is 7.30. The highest BCUT2D eigenvalue weighted by Crippen LogP contribution is 2.46. The third-order valence-electron chi connectivity index (χ3n) is 5.43. The number of halogens is 2. The van der Waals surface area contributed by atoms with Crippen LogP contribution in [0.1, 0.15) is 36.4 Å². The maximum Gasteiger partial charge on any atom is 0.737 e. The van der Waals surface area contributed by atoms with Gasteiger partial charge in [0.05, 0.1) is 12.7 Å². The lowest BCUT2D eigenvalue weighted by Gasteiger charge is -2.34. The molecule has 2 aliphatic heterocycles. The number of hydrogen-bond donors (Lipinski definition) is 1. The fourth-order valence-corrected chi connectivity index (χ4v) is 4.47. The predicted molar refractivity (Wildman–Crippen MR) is 105 cm³/mol. The Morgan fingerprint density at radius 3 is 2.48 bits per heavy atom. The Bertz CT molecular complexity index is 1090. The molecule has 2 N–H and O–H groups in total. The van der Waals surface area contributed by atoms with Crippen LogP contribution in [0, 0.1) is 13.8 Å². The first-order valence-corrected chi connectivity index (χ1v) is 8.89. The third-order valence-corrected chi connectivity index (χ3v) is 5.43. The van der Waals surface area contributed by atoms with E-state index in [0.29, 0.717) is 39.8 Å². The Kier molecular flexibility index (Phi) is 3.64. The molecule has 1 aromatic carbocycles. The molecule has 0 amide bonds. The van der Waals surface area contributed by atoms with Crippen LogP contribution < -0.4 is 10.5 Å². The first kappa shape index (κ1) is 17.6. The molecular formula is C20H22BF2N3O. The van der Waals surface area contributed by atoms with Crippen molar-refractivity contribution in [2.24, 2.45) is 0 Å². The summed E-state index contributed by atoms with van der Waals surface area (Å²) < 4.78 is 39.1. The molecule has 2 aliphatic rings. The lowest BCUT2D eigenvalue weighted by Crippen LogP contribution is -2.51. The van der Waals surface area contributed by atoms with E-state index in [2.05, 4.69) is 0 Å². The van der Waals surface area contributed by atoms with Crippen LogP contribution in [0.3, 0.4) is 0 Å². The fourth-order valence-electron chi connectivity index (χ4n) is 4.47. The minimum absolute atomic E-state index is 0.523. The fraction of sp³-hybridized carbons (Fsp3) is 0.250. The number of anilines is 1. The van der Waals surface area contributed by atoms with E-state index in [9.17, 15) is 0 Å². The molecular weight excluding hydrogens is 347 g/mol. The summed E-state index contributed by atoms with van der Waals surface area (Å²) in [5.74, 6) is 0.603. The zero-order chi connectivity index (χ0) is 19.7. The normalized spacial score (nSPS) is 17.8. The van der Waals surface area contributed by atoms with E-state index < -0.39 is 6.97 Å². The van der Waals surface area contributed by atoms with Crippen LogP contribution in [0.2, 0.25) is 0 Å². The topological polar surface area (TPSA) is 43.2 Å². The molecule has 0 saturated heterocycles. The van der Waals surface area contributed by atoms with Gasteiger partial charge in [0.1, 0.15) is 11.5 Å². The molecule has 0 bridgehead atoms. The van der Waals surface area contributed by atoms with Gasteiger partial charge in [-0.25, -0.2) is 0 Å². The highest BCUT2D eigenvalue weighted by Gasteiger charge is 2.55. The lowest BCUT2D eigenvalue weighted by atomic mass is 9.83. The molecule has 0 unspecified atom stereocenters. The highest BCUT2D eigenvalue weighted by atomic mass is 19.2. The molecule has 0 fully saturated rings. The summed E-state index contributed by atoms with van der Waals surface area (Å²) in [5, 5.41) is 0. The first-order chi connectivity index (χ1) is 12.7. The minimum Gasteiger partial charge on any atom is -0.496 e. The highest BCUT2D eigenvalue weighted by molar-refractivity contribution is 6.58. The molecule has 0 saturated carbocycles. The molecule has 2 aromatic rings. The number of ether oxygens (including phenoxy) is 1. The molecule has 0 radical (unpaired) electrons. The molecule has 0 aliphatic carbocycles. The van der Waals surface area contributed by atoms with Crippen molar-refractivity contribution in [1.29, 1.82) is 0 Å². The van der Waals surface area contributed by atoms with E-state index in [0.717, 1.165) is 16.7 Å². The van der Waals surface area contributed by atoms with Crippen LogP contribution in [-0.2, 0) is 0 Å². The number of allylic oxidation sites excluding steroid dienone is 2. The van der Waals surface area contributed by atoms with E-state index in [1.165, 1.54) is 8.96 Å². The Balaban J connectivity index is 2.21. The number of fused-ring (bicyclic) bond motifs is 2. The molecule has 7 heteroatoms. The molecule has 1 aromatic heterocycles. The molecule has 140 valence electrons. The van der Waals surface area contributed by atoms with Gasteiger partial charge in [0.2, 0.25) is 0 Å². The summed E-state index contributed by atoms with van der Waals surface area (Å²) >= 11 is 0. The number of hydrogen-bond acceptors (Lipinski definition) is 2. The van der Waals surface area contributed by atoms with E-state index in [4.69, 9.17) is 10.5 Å². The number of nitrogen functional groups attached to an aromatic ring is 1. The van der Waals surface area contributed by atoms with Gasteiger partial charge in [-0.2, -0.15) is 0 Å². The van der Waals surface area contributed by atoms with Crippen molar-refractivity contribution in [3.05, 3.63) is 64.1 Å². The van der Waals surface area contributed by atoms with Gasteiger partial charge in [-0.05, 0) is 56.3 Å². The molecule has 27 heavy (non-hydrogen) atoms. The van der Waals surface area contributed by atoms with Gasteiger partial charge >= 0.3 is 6.97 Å². The molecule has 3 heterocycles. The van der Waals surface area contributed by atoms with Crippen molar-refractivity contribution in [3.63, 3.8) is 0 Å². The van der Waals surface area contributed by atoms with Crippen molar-refractivity contribution in [3.8, 4) is 5.75 Å². The molecule has 0 spiro atoms. The summed E-state index contributed by atoms with van der Waals surface area (Å²) in [6.07, 6.45) is 1.81. The number of benzene rings is 1. The molecule has 4 nitrogen and oxygen atoms in total. The second-order valence-corrected chi connectivity index (χ2v) is 7.30. The van der Waals surface area contributed by atoms with Gasteiger partial charge < -0.3 is 28.1 Å². The van der Waals surface area contributed by atoms with Gasteiger partial charge in [-0.1, -0.05) is 0 Å². The number of nitrogens with zero attached hydrogens (tertiary/aromatic N) is 2. The van der Waals surface area contributed by atoms with E-state index in [1.54, 1.807) is 51.3 Å². The largest absolute Gasteiger partial charge is 0.737 e. The minimum atomic E-state index is -3.99. The second kappa shape index (κ2) is 5.58. The predicted octanol–water partition coefficient (Wildman–Crippen LogP) is 4.12. The number of nitrogens with two attached hydrogens (primary N) is 1. The average molecular weight is 369 g/mol. The average Bonchev–Trinajstić information content (AvgIpc) is 3.05. The van der Waals surface area contributed by atoms with Gasteiger partial charge in [0.25, 0.3) is 0 Å². The van der Waals surface area contributed by atoms with Gasteiger partial charge in [-0.3, -0.25) is 0 Å². The number of methoxy groups -OCH3 is 1. The maximum atomic E-state index is 15.6. The number of aromatic nitrogens is 1. The first-order valence-electron chi connectivity index (χ1n) is 8.89. The van der Waals surface area contributed by atoms with E-state index >= 15 is 8.63 Å². The van der Waals surface area contributed by atoms with Crippen molar-refractivity contribution in [2.75, 3.05) is 12.8 Å². The zero-order valence-corrected chi connectivity index (χ0v) is 16.1. The van der Waals surface area contributed by atoms with Crippen molar-refractivity contribution >= 4 is 23.9 Å². The SMILES string of the molecule is COc1ccc(N)cc1C1=C2C(C)=CC(C)=[N+]2[B-](F)(F)n2c(C)cc(C)c21. The van der Waals surface area contributed by atoms with Crippen LogP contribution in [0.5, 0.6) is 5.75 Å². The van der Waals surface area contributed by atoms with Crippen molar-refractivity contribution in [2.45, 2.75) is 27.7 Å². The quantitative estimate of drug-likeness (QED) is 0.639. The smallest absolute Gasteiger partial charge is 0.496 e. The third kappa shape index (κ3) is 2.24. The van der Waals surface area contributed by atoms with Crippen LogP contribution in [0.4, 0.5) is 14.3 Å². The van der Waals surface area contributed by atoms with Crippen LogP contribution >= 0.6 is 0 Å². The van der Waals surface area contributed by atoms with Crippen molar-refractivity contribution in [1.82, 2.24) is 4.48 Å².